The van der Waals surface area contributed by atoms with E-state index in [1.54, 1.807) is 18.2 Å². The third kappa shape index (κ3) is 5.06. The minimum absolute atomic E-state index is 0.0331. The quantitative estimate of drug-likeness (QED) is 0.822. The van der Waals surface area contributed by atoms with Gasteiger partial charge in [0, 0.05) is 36.8 Å². The Labute approximate surface area is 158 Å². The normalized spacial score (nSPS) is 14.8. The number of rotatable bonds is 6. The molecule has 0 spiro atoms. The number of halogens is 1. The van der Waals surface area contributed by atoms with Gasteiger partial charge in [-0.3, -0.25) is 9.59 Å². The molecule has 0 aliphatic carbocycles. The molecule has 142 valence electrons. The van der Waals surface area contributed by atoms with E-state index in [1.165, 1.54) is 6.07 Å². The van der Waals surface area contributed by atoms with Crippen molar-refractivity contribution in [2.45, 2.75) is 25.7 Å². The second-order valence-corrected chi connectivity index (χ2v) is 6.85. The van der Waals surface area contributed by atoms with Gasteiger partial charge >= 0.3 is 0 Å². The smallest absolute Gasteiger partial charge is 0.224 e. The van der Waals surface area contributed by atoms with Crippen molar-refractivity contribution in [1.82, 2.24) is 0 Å². The highest BCUT2D eigenvalue weighted by Crippen LogP contribution is 2.24. The van der Waals surface area contributed by atoms with E-state index < -0.39 is 0 Å². The first kappa shape index (κ1) is 18.9. The molecule has 1 saturated heterocycles. The summed E-state index contributed by atoms with van der Waals surface area (Å²) in [6, 6.07) is 14.1. The lowest BCUT2D eigenvalue weighted by Gasteiger charge is -2.32. The first-order valence-electron chi connectivity index (χ1n) is 9.20. The number of hydrogen-bond donors (Lipinski definition) is 2. The molecule has 0 atom stereocenters. The minimum Gasteiger partial charge on any atom is -0.371 e. The average molecular weight is 369 g/mol. The average Bonchev–Trinajstić information content (AvgIpc) is 2.68. The van der Waals surface area contributed by atoms with E-state index in [9.17, 15) is 14.0 Å². The van der Waals surface area contributed by atoms with Gasteiger partial charge in [-0.05, 0) is 55.2 Å². The fourth-order valence-electron chi connectivity index (χ4n) is 3.35. The SMILES string of the molecule is NC(=O)C1CCN(c2ccc(NC(=O)CCc3ccccc3F)cc2)CC1. The summed E-state index contributed by atoms with van der Waals surface area (Å²) in [5.41, 5.74) is 7.68. The summed E-state index contributed by atoms with van der Waals surface area (Å²) >= 11 is 0. The summed E-state index contributed by atoms with van der Waals surface area (Å²) in [5, 5.41) is 2.84. The molecule has 1 aliphatic heterocycles. The Kier molecular flexibility index (Phi) is 6.06. The van der Waals surface area contributed by atoms with Gasteiger partial charge in [0.1, 0.15) is 5.82 Å². The molecule has 1 aliphatic rings. The molecule has 2 aromatic carbocycles. The van der Waals surface area contributed by atoms with Crippen molar-refractivity contribution in [2.75, 3.05) is 23.3 Å². The van der Waals surface area contributed by atoms with Gasteiger partial charge in [0.05, 0.1) is 0 Å². The maximum Gasteiger partial charge on any atom is 0.224 e. The number of primary amides is 1. The summed E-state index contributed by atoms with van der Waals surface area (Å²) in [5.74, 6) is -0.680. The zero-order valence-corrected chi connectivity index (χ0v) is 15.2. The highest BCUT2D eigenvalue weighted by atomic mass is 19.1. The summed E-state index contributed by atoms with van der Waals surface area (Å²) in [4.78, 5) is 25.6. The molecular weight excluding hydrogens is 345 g/mol. The Bertz CT molecular complexity index is 799. The van der Waals surface area contributed by atoms with E-state index >= 15 is 0 Å². The molecule has 0 bridgehead atoms. The van der Waals surface area contributed by atoms with Crippen LogP contribution in [0.4, 0.5) is 15.8 Å². The summed E-state index contributed by atoms with van der Waals surface area (Å²) in [7, 11) is 0. The molecule has 2 amide bonds. The Hall–Kier alpha value is -2.89. The van der Waals surface area contributed by atoms with E-state index in [-0.39, 0.29) is 30.0 Å². The first-order chi connectivity index (χ1) is 13.0. The number of aryl methyl sites for hydroxylation is 1. The standard InChI is InChI=1S/C21H24FN3O2/c22-19-4-2-1-3-15(19)5-10-20(26)24-17-6-8-18(9-7-17)25-13-11-16(12-14-25)21(23)27/h1-4,6-9,16H,5,10-14H2,(H2,23,27)(H,24,26). The fourth-order valence-corrected chi connectivity index (χ4v) is 3.35. The number of nitrogens with one attached hydrogen (secondary N) is 1. The second-order valence-electron chi connectivity index (χ2n) is 6.85. The summed E-state index contributed by atoms with van der Waals surface area (Å²) in [6.45, 7) is 1.59. The maximum atomic E-state index is 13.6. The number of hydrogen-bond acceptors (Lipinski definition) is 3. The monoisotopic (exact) mass is 369 g/mol. The van der Waals surface area contributed by atoms with E-state index in [4.69, 9.17) is 5.73 Å². The third-order valence-electron chi connectivity index (χ3n) is 4.99. The topological polar surface area (TPSA) is 75.4 Å². The van der Waals surface area contributed by atoms with Crippen molar-refractivity contribution in [1.29, 1.82) is 0 Å². The van der Waals surface area contributed by atoms with Crippen molar-refractivity contribution >= 4 is 23.2 Å². The van der Waals surface area contributed by atoms with Crippen LogP contribution in [0.25, 0.3) is 0 Å². The van der Waals surface area contributed by atoms with E-state index in [0.29, 0.717) is 17.7 Å². The van der Waals surface area contributed by atoms with Crippen LogP contribution in [0.5, 0.6) is 0 Å². The minimum atomic E-state index is -0.283. The van der Waals surface area contributed by atoms with Gasteiger partial charge in [-0.2, -0.15) is 0 Å². The van der Waals surface area contributed by atoms with Crippen LogP contribution in [0.1, 0.15) is 24.8 Å². The van der Waals surface area contributed by atoms with Gasteiger partial charge in [0.25, 0.3) is 0 Å². The largest absolute Gasteiger partial charge is 0.371 e. The fraction of sp³-hybridized carbons (Fsp3) is 0.333. The Morgan fingerprint density at radius 1 is 1.07 bits per heavy atom. The van der Waals surface area contributed by atoms with Gasteiger partial charge in [-0.25, -0.2) is 4.39 Å². The highest BCUT2D eigenvalue weighted by Gasteiger charge is 2.23. The summed E-state index contributed by atoms with van der Waals surface area (Å²) < 4.78 is 13.6. The second kappa shape index (κ2) is 8.66. The third-order valence-corrected chi connectivity index (χ3v) is 4.99. The number of anilines is 2. The van der Waals surface area contributed by atoms with Crippen molar-refractivity contribution in [3.05, 3.63) is 59.9 Å². The van der Waals surface area contributed by atoms with Crippen molar-refractivity contribution in [3.8, 4) is 0 Å². The Morgan fingerprint density at radius 2 is 1.74 bits per heavy atom. The molecule has 0 radical (unpaired) electrons. The zero-order valence-electron chi connectivity index (χ0n) is 15.2. The molecule has 27 heavy (non-hydrogen) atoms. The molecule has 3 N–H and O–H groups in total. The molecule has 0 unspecified atom stereocenters. The van der Waals surface area contributed by atoms with E-state index in [0.717, 1.165) is 31.6 Å². The predicted molar refractivity (Wildman–Crippen MR) is 104 cm³/mol. The van der Waals surface area contributed by atoms with Crippen molar-refractivity contribution in [3.63, 3.8) is 0 Å². The van der Waals surface area contributed by atoms with Crippen LogP contribution in [0.3, 0.4) is 0 Å². The van der Waals surface area contributed by atoms with Gasteiger partial charge in [-0.15, -0.1) is 0 Å². The molecule has 6 heteroatoms. The molecule has 0 aromatic heterocycles. The zero-order chi connectivity index (χ0) is 19.2. The predicted octanol–water partition coefficient (Wildman–Crippen LogP) is 3.10. The summed E-state index contributed by atoms with van der Waals surface area (Å²) in [6.07, 6.45) is 2.13. The van der Waals surface area contributed by atoms with E-state index in [1.807, 2.05) is 24.3 Å². The number of nitrogens with zero attached hydrogens (tertiary/aromatic N) is 1. The van der Waals surface area contributed by atoms with Crippen LogP contribution in [-0.2, 0) is 16.0 Å². The molecule has 1 heterocycles. The first-order valence-corrected chi connectivity index (χ1v) is 9.20. The lowest BCUT2D eigenvalue weighted by atomic mass is 9.96. The number of amides is 2. The van der Waals surface area contributed by atoms with Gasteiger partial charge in [0.2, 0.25) is 11.8 Å². The van der Waals surface area contributed by atoms with Crippen LogP contribution in [0.2, 0.25) is 0 Å². The van der Waals surface area contributed by atoms with E-state index in [2.05, 4.69) is 10.2 Å². The lowest BCUT2D eigenvalue weighted by molar-refractivity contribution is -0.122. The molecule has 2 aromatic rings. The Balaban J connectivity index is 1.49. The van der Waals surface area contributed by atoms with Crippen molar-refractivity contribution in [2.24, 2.45) is 11.7 Å². The molecular formula is C21H24FN3O2. The van der Waals surface area contributed by atoms with Gasteiger partial charge in [0.15, 0.2) is 0 Å². The molecule has 1 fully saturated rings. The molecule has 0 saturated carbocycles. The van der Waals surface area contributed by atoms with Crippen molar-refractivity contribution < 1.29 is 14.0 Å². The van der Waals surface area contributed by atoms with Crippen LogP contribution in [-0.4, -0.2) is 24.9 Å². The van der Waals surface area contributed by atoms with Crippen LogP contribution in [0.15, 0.2) is 48.5 Å². The maximum absolute atomic E-state index is 13.6. The van der Waals surface area contributed by atoms with Crippen LogP contribution < -0.4 is 16.0 Å². The Morgan fingerprint density at radius 3 is 2.37 bits per heavy atom. The molecule has 5 nitrogen and oxygen atoms in total. The van der Waals surface area contributed by atoms with Gasteiger partial charge < -0.3 is 16.0 Å². The number of benzene rings is 2. The lowest BCUT2D eigenvalue weighted by Crippen LogP contribution is -2.38. The number of piperidine rings is 1. The number of carbonyl (C=O) groups is 2. The molecule has 3 rings (SSSR count). The highest BCUT2D eigenvalue weighted by molar-refractivity contribution is 5.91. The van der Waals surface area contributed by atoms with Gasteiger partial charge in [-0.1, -0.05) is 18.2 Å². The number of carbonyl (C=O) groups excluding carboxylic acids is 2. The van der Waals surface area contributed by atoms with Crippen LogP contribution in [0, 0.1) is 11.7 Å². The van der Waals surface area contributed by atoms with Crippen LogP contribution >= 0.6 is 0 Å². The number of nitrogens with two attached hydrogens (primary N) is 1.